The lowest BCUT2D eigenvalue weighted by Crippen LogP contribution is -2.17. The Morgan fingerprint density at radius 3 is 2.87 bits per heavy atom. The minimum Gasteiger partial charge on any atom is -0.321 e. The van der Waals surface area contributed by atoms with E-state index in [2.05, 4.69) is 15.5 Å². The number of carbonyl (C=O) groups excluding carboxylic acids is 1. The standard InChI is InChI=1S/C17H19N5O/c1-3-22-16(10-13(2)20-22)17(23)19-15-7-4-6-14(11-15)12-21-9-5-8-18-21/h4-11H,3,12H2,1-2H3,(H,19,23). The van der Waals surface area contributed by atoms with Crippen LogP contribution in [0, 0.1) is 6.92 Å². The van der Waals surface area contributed by atoms with Crippen LogP contribution >= 0.6 is 0 Å². The van der Waals surface area contributed by atoms with Gasteiger partial charge in [0.05, 0.1) is 12.2 Å². The summed E-state index contributed by atoms with van der Waals surface area (Å²) in [5.41, 5.74) is 3.25. The van der Waals surface area contributed by atoms with E-state index < -0.39 is 0 Å². The van der Waals surface area contributed by atoms with Crippen LogP contribution in [0.1, 0.15) is 28.7 Å². The first-order valence-electron chi connectivity index (χ1n) is 7.58. The van der Waals surface area contributed by atoms with Crippen molar-refractivity contribution >= 4 is 11.6 Å². The van der Waals surface area contributed by atoms with E-state index in [1.54, 1.807) is 16.9 Å². The van der Waals surface area contributed by atoms with E-state index in [1.807, 2.05) is 55.1 Å². The van der Waals surface area contributed by atoms with Crippen LogP contribution in [0.4, 0.5) is 5.69 Å². The van der Waals surface area contributed by atoms with E-state index in [1.165, 1.54) is 0 Å². The molecule has 0 unspecified atom stereocenters. The molecule has 2 heterocycles. The number of hydrogen-bond donors (Lipinski definition) is 1. The molecule has 1 N–H and O–H groups in total. The Kier molecular flexibility index (Phi) is 4.23. The van der Waals surface area contributed by atoms with Gasteiger partial charge in [-0.05, 0) is 43.7 Å². The van der Waals surface area contributed by atoms with Crippen LogP contribution < -0.4 is 5.32 Å². The highest BCUT2D eigenvalue weighted by atomic mass is 16.2. The Hall–Kier alpha value is -2.89. The molecule has 3 aromatic rings. The average Bonchev–Trinajstić information content (AvgIpc) is 3.16. The highest BCUT2D eigenvalue weighted by molar-refractivity contribution is 6.03. The topological polar surface area (TPSA) is 64.7 Å². The van der Waals surface area contributed by atoms with Gasteiger partial charge >= 0.3 is 0 Å². The van der Waals surface area contributed by atoms with Crippen LogP contribution in [-0.2, 0) is 13.1 Å². The summed E-state index contributed by atoms with van der Waals surface area (Å²) in [5, 5.41) is 11.4. The number of benzene rings is 1. The van der Waals surface area contributed by atoms with Crippen molar-refractivity contribution in [2.24, 2.45) is 0 Å². The van der Waals surface area contributed by atoms with Crippen LogP contribution in [0.2, 0.25) is 0 Å². The molecule has 1 amide bonds. The molecule has 0 spiro atoms. The smallest absolute Gasteiger partial charge is 0.273 e. The molecule has 0 saturated carbocycles. The number of rotatable bonds is 5. The predicted molar refractivity (Wildman–Crippen MR) is 88.4 cm³/mol. The zero-order valence-electron chi connectivity index (χ0n) is 13.2. The lowest BCUT2D eigenvalue weighted by atomic mass is 10.2. The molecule has 0 fully saturated rings. The number of nitrogens with one attached hydrogen (secondary N) is 1. The minimum absolute atomic E-state index is 0.149. The lowest BCUT2D eigenvalue weighted by molar-refractivity contribution is 0.101. The third-order valence-corrected chi connectivity index (χ3v) is 3.52. The normalized spacial score (nSPS) is 10.7. The molecule has 0 aliphatic carbocycles. The summed E-state index contributed by atoms with van der Waals surface area (Å²) in [6, 6.07) is 11.5. The van der Waals surface area contributed by atoms with Crippen molar-refractivity contribution in [3.8, 4) is 0 Å². The molecule has 2 aromatic heterocycles. The Morgan fingerprint density at radius 2 is 2.13 bits per heavy atom. The van der Waals surface area contributed by atoms with Gasteiger partial charge in [-0.25, -0.2) is 0 Å². The maximum atomic E-state index is 12.4. The summed E-state index contributed by atoms with van der Waals surface area (Å²) in [4.78, 5) is 12.4. The number of aryl methyl sites for hydroxylation is 2. The summed E-state index contributed by atoms with van der Waals surface area (Å²) < 4.78 is 3.55. The van der Waals surface area contributed by atoms with Crippen molar-refractivity contribution in [1.82, 2.24) is 19.6 Å². The van der Waals surface area contributed by atoms with Crippen LogP contribution in [0.3, 0.4) is 0 Å². The Morgan fingerprint density at radius 1 is 1.26 bits per heavy atom. The van der Waals surface area contributed by atoms with Crippen molar-refractivity contribution in [2.75, 3.05) is 5.32 Å². The van der Waals surface area contributed by atoms with Crippen molar-refractivity contribution in [3.63, 3.8) is 0 Å². The van der Waals surface area contributed by atoms with Crippen LogP contribution in [-0.4, -0.2) is 25.5 Å². The maximum absolute atomic E-state index is 12.4. The molecule has 0 atom stereocenters. The van der Waals surface area contributed by atoms with Crippen LogP contribution in [0.25, 0.3) is 0 Å². The van der Waals surface area contributed by atoms with Gasteiger partial charge in [-0.15, -0.1) is 0 Å². The molecule has 6 heteroatoms. The summed E-state index contributed by atoms with van der Waals surface area (Å²) in [5.74, 6) is -0.149. The summed E-state index contributed by atoms with van der Waals surface area (Å²) in [6.45, 7) is 5.18. The second kappa shape index (κ2) is 6.48. The average molecular weight is 309 g/mol. The summed E-state index contributed by atoms with van der Waals surface area (Å²) in [7, 11) is 0. The fraction of sp³-hybridized carbons (Fsp3) is 0.235. The molecule has 23 heavy (non-hydrogen) atoms. The molecular formula is C17H19N5O. The second-order valence-corrected chi connectivity index (χ2v) is 5.34. The van der Waals surface area contributed by atoms with E-state index in [9.17, 15) is 4.79 Å². The van der Waals surface area contributed by atoms with Crippen LogP contribution in [0.15, 0.2) is 48.8 Å². The summed E-state index contributed by atoms with van der Waals surface area (Å²) in [6.07, 6.45) is 3.66. The monoisotopic (exact) mass is 309 g/mol. The Bertz CT molecular complexity index is 804. The van der Waals surface area contributed by atoms with Gasteiger partial charge in [0.1, 0.15) is 5.69 Å². The van der Waals surface area contributed by atoms with Gasteiger partial charge in [-0.2, -0.15) is 10.2 Å². The zero-order valence-corrected chi connectivity index (χ0v) is 13.2. The maximum Gasteiger partial charge on any atom is 0.273 e. The Balaban J connectivity index is 1.76. The van der Waals surface area contributed by atoms with E-state index in [0.717, 1.165) is 16.9 Å². The number of aromatic nitrogens is 4. The van der Waals surface area contributed by atoms with Gasteiger partial charge in [0.2, 0.25) is 0 Å². The SMILES string of the molecule is CCn1nc(C)cc1C(=O)Nc1cccc(Cn2cccn2)c1. The minimum atomic E-state index is -0.149. The number of hydrogen-bond acceptors (Lipinski definition) is 3. The first-order chi connectivity index (χ1) is 11.2. The van der Waals surface area contributed by atoms with Gasteiger partial charge in [0.25, 0.3) is 5.91 Å². The van der Waals surface area contributed by atoms with Crippen molar-refractivity contribution in [3.05, 3.63) is 65.7 Å². The molecule has 118 valence electrons. The van der Waals surface area contributed by atoms with Gasteiger partial charge in [-0.3, -0.25) is 14.2 Å². The number of carbonyl (C=O) groups is 1. The Labute approximate surface area is 134 Å². The quantitative estimate of drug-likeness (QED) is 0.788. The number of amides is 1. The number of nitrogens with zero attached hydrogens (tertiary/aromatic N) is 4. The van der Waals surface area contributed by atoms with Gasteiger partial charge in [-0.1, -0.05) is 12.1 Å². The van der Waals surface area contributed by atoms with Crippen molar-refractivity contribution < 1.29 is 4.79 Å². The third-order valence-electron chi connectivity index (χ3n) is 3.52. The fourth-order valence-corrected chi connectivity index (χ4v) is 2.49. The molecule has 1 aromatic carbocycles. The molecule has 3 rings (SSSR count). The van der Waals surface area contributed by atoms with Gasteiger partial charge in [0, 0.05) is 24.6 Å². The molecule has 0 saturated heterocycles. The van der Waals surface area contributed by atoms with Crippen LogP contribution in [0.5, 0.6) is 0 Å². The highest BCUT2D eigenvalue weighted by Gasteiger charge is 2.13. The summed E-state index contributed by atoms with van der Waals surface area (Å²) >= 11 is 0. The third kappa shape index (κ3) is 3.48. The van der Waals surface area contributed by atoms with E-state index >= 15 is 0 Å². The molecule has 0 bridgehead atoms. The van der Waals surface area contributed by atoms with E-state index in [0.29, 0.717) is 18.8 Å². The molecular weight excluding hydrogens is 290 g/mol. The largest absolute Gasteiger partial charge is 0.321 e. The van der Waals surface area contributed by atoms with Gasteiger partial charge in [0.15, 0.2) is 0 Å². The zero-order chi connectivity index (χ0) is 16.2. The first-order valence-corrected chi connectivity index (χ1v) is 7.58. The number of anilines is 1. The highest BCUT2D eigenvalue weighted by Crippen LogP contribution is 2.14. The van der Waals surface area contributed by atoms with E-state index in [-0.39, 0.29) is 5.91 Å². The van der Waals surface area contributed by atoms with Crippen molar-refractivity contribution in [1.29, 1.82) is 0 Å². The van der Waals surface area contributed by atoms with E-state index in [4.69, 9.17) is 0 Å². The van der Waals surface area contributed by atoms with Gasteiger partial charge < -0.3 is 5.32 Å². The molecule has 0 aliphatic rings. The molecule has 0 aliphatic heterocycles. The predicted octanol–water partition coefficient (Wildman–Crippen LogP) is 2.71. The fourth-order valence-electron chi connectivity index (χ4n) is 2.49. The molecule has 6 nitrogen and oxygen atoms in total. The van der Waals surface area contributed by atoms with Crippen molar-refractivity contribution in [2.45, 2.75) is 26.9 Å². The lowest BCUT2D eigenvalue weighted by Gasteiger charge is -2.08. The molecule has 0 radical (unpaired) electrons. The first kappa shape index (κ1) is 15.0. The second-order valence-electron chi connectivity index (χ2n) is 5.34.